The van der Waals surface area contributed by atoms with Gasteiger partial charge in [-0.25, -0.2) is 9.97 Å². The van der Waals surface area contributed by atoms with Gasteiger partial charge in [-0.2, -0.15) is 0 Å². The molecule has 150 valence electrons. The molecule has 2 heterocycles. The molecule has 3 aromatic rings. The zero-order valence-corrected chi connectivity index (χ0v) is 16.8. The summed E-state index contributed by atoms with van der Waals surface area (Å²) in [5.74, 6) is 2.09. The van der Waals surface area contributed by atoms with E-state index >= 15 is 0 Å². The van der Waals surface area contributed by atoms with E-state index in [9.17, 15) is 4.79 Å². The van der Waals surface area contributed by atoms with Gasteiger partial charge in [0, 0.05) is 24.0 Å². The number of hydrogen-bond donors (Lipinski definition) is 0. The second kappa shape index (κ2) is 8.47. The van der Waals surface area contributed by atoms with Crippen molar-refractivity contribution in [2.24, 2.45) is 5.92 Å². The predicted octanol–water partition coefficient (Wildman–Crippen LogP) is 4.08. The molecule has 0 N–H and O–H groups in total. The van der Waals surface area contributed by atoms with Crippen molar-refractivity contribution in [1.29, 1.82) is 0 Å². The first kappa shape index (κ1) is 19.2. The Balaban J connectivity index is 1.73. The minimum atomic E-state index is -0.123. The van der Waals surface area contributed by atoms with Gasteiger partial charge in [-0.3, -0.25) is 4.79 Å². The summed E-state index contributed by atoms with van der Waals surface area (Å²) in [6.07, 6.45) is 1.78. The predicted molar refractivity (Wildman–Crippen MR) is 113 cm³/mol. The van der Waals surface area contributed by atoms with E-state index in [4.69, 9.17) is 19.4 Å². The van der Waals surface area contributed by atoms with Gasteiger partial charge in [-0.15, -0.1) is 0 Å². The molecule has 1 aliphatic heterocycles. The second-order valence-corrected chi connectivity index (χ2v) is 7.15. The third-order valence-electron chi connectivity index (χ3n) is 5.27. The first-order chi connectivity index (χ1) is 14.2. The molecular weight excluding hydrogens is 366 g/mol. The summed E-state index contributed by atoms with van der Waals surface area (Å²) in [5, 5.41) is 0.995. The largest absolute Gasteiger partial charge is 0.497 e. The molecule has 6 nitrogen and oxygen atoms in total. The normalized spacial score (nSPS) is 16.6. The van der Waals surface area contributed by atoms with Crippen molar-refractivity contribution in [2.45, 2.75) is 19.8 Å². The molecule has 29 heavy (non-hydrogen) atoms. The van der Waals surface area contributed by atoms with Crippen LogP contribution in [0.4, 0.5) is 5.82 Å². The van der Waals surface area contributed by atoms with E-state index in [-0.39, 0.29) is 11.9 Å². The quantitative estimate of drug-likeness (QED) is 0.611. The average molecular weight is 391 g/mol. The fraction of sp³-hybridized carbons (Fsp3) is 0.348. The van der Waals surface area contributed by atoms with Crippen LogP contribution in [-0.4, -0.2) is 42.7 Å². The zero-order chi connectivity index (χ0) is 20.2. The van der Waals surface area contributed by atoms with Crippen LogP contribution in [0.25, 0.3) is 22.3 Å². The number of nitrogens with zero attached hydrogens (tertiary/aromatic N) is 3. The number of benzene rings is 2. The highest BCUT2D eigenvalue weighted by Gasteiger charge is 2.28. The maximum Gasteiger partial charge on any atom is 0.310 e. The molecule has 0 aliphatic carbocycles. The number of carbonyl (C=O) groups is 1. The number of aromatic nitrogens is 2. The third-order valence-corrected chi connectivity index (χ3v) is 5.27. The summed E-state index contributed by atoms with van der Waals surface area (Å²) in [5.41, 5.74) is 1.82. The topological polar surface area (TPSA) is 64.5 Å². The van der Waals surface area contributed by atoms with Crippen LogP contribution >= 0.6 is 0 Å². The molecule has 6 heteroatoms. The number of ether oxygens (including phenoxy) is 2. The van der Waals surface area contributed by atoms with Crippen LogP contribution < -0.4 is 9.64 Å². The highest BCUT2D eigenvalue weighted by Crippen LogP contribution is 2.31. The van der Waals surface area contributed by atoms with Gasteiger partial charge < -0.3 is 14.4 Å². The van der Waals surface area contributed by atoms with Gasteiger partial charge in [0.05, 0.1) is 25.2 Å². The molecule has 1 atom stereocenters. The third kappa shape index (κ3) is 4.01. The fourth-order valence-electron chi connectivity index (χ4n) is 3.79. The lowest BCUT2D eigenvalue weighted by atomic mass is 9.98. The second-order valence-electron chi connectivity index (χ2n) is 7.15. The minimum absolute atomic E-state index is 0.120. The van der Waals surface area contributed by atoms with E-state index in [0.717, 1.165) is 47.4 Å². The molecular formula is C23H25N3O3. The van der Waals surface area contributed by atoms with Gasteiger partial charge in [0.15, 0.2) is 5.82 Å². The number of anilines is 1. The Bertz CT molecular complexity index is 1000. The van der Waals surface area contributed by atoms with E-state index in [1.807, 2.05) is 55.5 Å². The molecule has 1 saturated heterocycles. The SMILES string of the molecule is CCOC(=O)[C@H]1CCCN(c2nc(-c3ccc(OC)cc3)nc3ccccc23)C1. The summed E-state index contributed by atoms with van der Waals surface area (Å²) >= 11 is 0. The van der Waals surface area contributed by atoms with Gasteiger partial charge in [0.25, 0.3) is 0 Å². The van der Waals surface area contributed by atoms with Crippen LogP contribution in [0.15, 0.2) is 48.5 Å². The van der Waals surface area contributed by atoms with Crippen molar-refractivity contribution >= 4 is 22.7 Å². The summed E-state index contributed by atoms with van der Waals surface area (Å²) in [6, 6.07) is 15.8. The average Bonchev–Trinajstić information content (AvgIpc) is 2.78. The van der Waals surface area contributed by atoms with Crippen molar-refractivity contribution in [3.63, 3.8) is 0 Å². The smallest absolute Gasteiger partial charge is 0.310 e. The van der Waals surface area contributed by atoms with Crippen LogP contribution in [0, 0.1) is 5.92 Å². The number of hydrogen-bond acceptors (Lipinski definition) is 6. The molecule has 0 amide bonds. The number of para-hydroxylation sites is 1. The highest BCUT2D eigenvalue weighted by atomic mass is 16.5. The number of carbonyl (C=O) groups excluding carboxylic acids is 1. The van der Waals surface area contributed by atoms with Crippen LogP contribution in [0.2, 0.25) is 0 Å². The van der Waals surface area contributed by atoms with Crippen molar-refractivity contribution in [1.82, 2.24) is 9.97 Å². The molecule has 4 rings (SSSR count). The lowest BCUT2D eigenvalue weighted by Gasteiger charge is -2.33. The van der Waals surface area contributed by atoms with E-state index in [1.165, 1.54) is 0 Å². The highest BCUT2D eigenvalue weighted by molar-refractivity contribution is 5.91. The van der Waals surface area contributed by atoms with Crippen molar-refractivity contribution in [3.05, 3.63) is 48.5 Å². The number of piperidine rings is 1. The van der Waals surface area contributed by atoms with Crippen molar-refractivity contribution in [2.75, 3.05) is 31.7 Å². The Kier molecular flexibility index (Phi) is 5.60. The van der Waals surface area contributed by atoms with Crippen LogP contribution in [-0.2, 0) is 9.53 Å². The molecule has 1 aliphatic rings. The Labute approximate surface area is 170 Å². The Morgan fingerprint density at radius 1 is 1.14 bits per heavy atom. The van der Waals surface area contributed by atoms with Gasteiger partial charge in [-0.1, -0.05) is 12.1 Å². The van der Waals surface area contributed by atoms with Crippen LogP contribution in [0.3, 0.4) is 0 Å². The molecule has 1 aromatic heterocycles. The summed E-state index contributed by atoms with van der Waals surface area (Å²) in [6.45, 7) is 3.73. The number of esters is 1. The molecule has 2 aromatic carbocycles. The monoisotopic (exact) mass is 391 g/mol. The maximum absolute atomic E-state index is 12.3. The molecule has 0 bridgehead atoms. The fourth-order valence-corrected chi connectivity index (χ4v) is 3.79. The standard InChI is InChI=1S/C23H25N3O3/c1-3-29-23(27)17-7-6-14-26(15-17)22-19-8-4-5-9-20(19)24-21(25-22)16-10-12-18(28-2)13-11-16/h4-5,8-13,17H,3,6-7,14-15H2,1-2H3/t17-/m0/s1. The van der Waals surface area contributed by atoms with Gasteiger partial charge in [-0.05, 0) is 56.2 Å². The van der Waals surface area contributed by atoms with Gasteiger partial charge in [0.1, 0.15) is 11.6 Å². The van der Waals surface area contributed by atoms with E-state index < -0.39 is 0 Å². The van der Waals surface area contributed by atoms with E-state index in [2.05, 4.69) is 4.90 Å². The van der Waals surface area contributed by atoms with E-state index in [0.29, 0.717) is 19.0 Å². The Hall–Kier alpha value is -3.15. The number of rotatable bonds is 5. The van der Waals surface area contributed by atoms with Gasteiger partial charge >= 0.3 is 5.97 Å². The first-order valence-corrected chi connectivity index (χ1v) is 10.0. The first-order valence-electron chi connectivity index (χ1n) is 10.0. The van der Waals surface area contributed by atoms with Crippen molar-refractivity contribution < 1.29 is 14.3 Å². The lowest BCUT2D eigenvalue weighted by Crippen LogP contribution is -2.40. The number of fused-ring (bicyclic) bond motifs is 1. The molecule has 0 spiro atoms. The number of methoxy groups -OCH3 is 1. The summed E-state index contributed by atoms with van der Waals surface area (Å²) in [4.78, 5) is 24.2. The molecule has 0 saturated carbocycles. The molecule has 1 fully saturated rings. The van der Waals surface area contributed by atoms with E-state index in [1.54, 1.807) is 7.11 Å². The summed E-state index contributed by atoms with van der Waals surface area (Å²) in [7, 11) is 1.65. The van der Waals surface area contributed by atoms with Crippen LogP contribution in [0.5, 0.6) is 5.75 Å². The van der Waals surface area contributed by atoms with Crippen LogP contribution in [0.1, 0.15) is 19.8 Å². The zero-order valence-electron chi connectivity index (χ0n) is 16.8. The minimum Gasteiger partial charge on any atom is -0.497 e. The molecule has 0 unspecified atom stereocenters. The Morgan fingerprint density at radius 3 is 2.69 bits per heavy atom. The summed E-state index contributed by atoms with van der Waals surface area (Å²) < 4.78 is 10.5. The molecule has 0 radical (unpaired) electrons. The van der Waals surface area contributed by atoms with Gasteiger partial charge in [0.2, 0.25) is 0 Å². The van der Waals surface area contributed by atoms with Crippen molar-refractivity contribution in [3.8, 4) is 17.1 Å². The maximum atomic E-state index is 12.3. The lowest BCUT2D eigenvalue weighted by molar-refractivity contribution is -0.148. The Morgan fingerprint density at radius 2 is 1.93 bits per heavy atom.